The van der Waals surface area contributed by atoms with E-state index in [-0.39, 0.29) is 0 Å². The van der Waals surface area contributed by atoms with Gasteiger partial charge in [-0.3, -0.25) is 0 Å². The minimum Gasteiger partial charge on any atom is -0.494 e. The molecule has 2 rings (SSSR count). The fraction of sp³-hybridized carbons (Fsp3) is 0.500. The zero-order valence-corrected chi connectivity index (χ0v) is 11.7. The maximum absolute atomic E-state index is 5.86. The van der Waals surface area contributed by atoms with Crippen molar-refractivity contribution in [2.75, 3.05) is 13.0 Å². The lowest BCUT2D eigenvalue weighted by molar-refractivity contribution is 0.419. The zero-order valence-electron chi connectivity index (χ0n) is 10.9. The molecule has 0 fully saturated rings. The lowest BCUT2D eigenvalue weighted by Gasteiger charge is -2.07. The quantitative estimate of drug-likeness (QED) is 0.747. The molecule has 0 unspecified atom stereocenters. The number of unbranched alkanes of at least 4 members (excludes halogenated alkanes) is 1. The van der Waals surface area contributed by atoms with Gasteiger partial charge in [-0.05, 0) is 18.6 Å². The molecule has 18 heavy (non-hydrogen) atoms. The molecule has 0 N–H and O–H groups in total. The van der Waals surface area contributed by atoms with E-state index in [1.165, 1.54) is 6.42 Å². The van der Waals surface area contributed by atoms with E-state index < -0.39 is 0 Å². The Morgan fingerprint density at radius 3 is 2.89 bits per heavy atom. The highest BCUT2D eigenvalue weighted by Gasteiger charge is 2.13. The number of benzene rings is 1. The number of rotatable bonds is 6. The Hall–Kier alpha value is -1.22. The minimum atomic E-state index is 0.595. The first-order valence-corrected chi connectivity index (χ1v) is 6.93. The van der Waals surface area contributed by atoms with E-state index >= 15 is 0 Å². The topological polar surface area (TPSA) is 27.1 Å². The average Bonchev–Trinajstić information content (AvgIpc) is 2.74. The second-order valence-electron chi connectivity index (χ2n) is 4.30. The fourth-order valence-electron chi connectivity index (χ4n) is 2.18. The van der Waals surface area contributed by atoms with Gasteiger partial charge < -0.3 is 9.30 Å². The van der Waals surface area contributed by atoms with Gasteiger partial charge in [-0.1, -0.05) is 19.4 Å². The first kappa shape index (κ1) is 13.2. The molecule has 0 saturated heterocycles. The van der Waals surface area contributed by atoms with E-state index in [2.05, 4.69) is 22.5 Å². The number of aromatic nitrogens is 2. The third-order valence-electron chi connectivity index (χ3n) is 3.09. The van der Waals surface area contributed by atoms with Gasteiger partial charge in [0.25, 0.3) is 0 Å². The molecule has 1 aromatic carbocycles. The van der Waals surface area contributed by atoms with Crippen molar-refractivity contribution in [2.45, 2.75) is 32.7 Å². The molecule has 1 aromatic heterocycles. The van der Waals surface area contributed by atoms with Crippen molar-refractivity contribution in [3.63, 3.8) is 0 Å². The summed E-state index contributed by atoms with van der Waals surface area (Å²) in [5.41, 5.74) is 2.08. The maximum atomic E-state index is 5.86. The average molecular weight is 267 g/mol. The van der Waals surface area contributed by atoms with Crippen molar-refractivity contribution in [2.24, 2.45) is 0 Å². The molecule has 0 amide bonds. The van der Waals surface area contributed by atoms with Crippen LogP contribution in [-0.4, -0.2) is 22.5 Å². The predicted molar refractivity (Wildman–Crippen MR) is 75.6 cm³/mol. The molecule has 0 saturated carbocycles. The van der Waals surface area contributed by atoms with Crippen molar-refractivity contribution in [1.29, 1.82) is 0 Å². The second-order valence-corrected chi connectivity index (χ2v) is 4.68. The van der Waals surface area contributed by atoms with Gasteiger partial charge in [0.15, 0.2) is 0 Å². The van der Waals surface area contributed by atoms with Crippen LogP contribution in [0.5, 0.6) is 5.75 Å². The number of alkyl halides is 1. The summed E-state index contributed by atoms with van der Waals surface area (Å²) in [5, 5.41) is 0. The number of ether oxygens (including phenoxy) is 1. The van der Waals surface area contributed by atoms with Crippen LogP contribution in [0.2, 0.25) is 0 Å². The highest BCUT2D eigenvalue weighted by atomic mass is 35.5. The smallest absolute Gasteiger partial charge is 0.146 e. The number of imidazole rings is 1. The highest BCUT2D eigenvalue weighted by molar-refractivity contribution is 6.17. The van der Waals surface area contributed by atoms with E-state index in [1.807, 2.05) is 12.1 Å². The zero-order chi connectivity index (χ0) is 13.0. The van der Waals surface area contributed by atoms with E-state index in [4.69, 9.17) is 16.3 Å². The number of aryl methyl sites for hydroxylation is 2. The first-order valence-electron chi connectivity index (χ1n) is 6.39. The van der Waals surface area contributed by atoms with Gasteiger partial charge in [0.2, 0.25) is 0 Å². The lowest BCUT2D eigenvalue weighted by atomic mass is 10.2. The number of hydrogen-bond donors (Lipinski definition) is 0. The van der Waals surface area contributed by atoms with Crippen LogP contribution < -0.4 is 4.74 Å². The van der Waals surface area contributed by atoms with Crippen molar-refractivity contribution in [3.8, 4) is 5.75 Å². The van der Waals surface area contributed by atoms with Gasteiger partial charge in [-0.2, -0.15) is 0 Å². The Bertz CT molecular complexity index is 522. The summed E-state index contributed by atoms with van der Waals surface area (Å²) >= 11 is 5.86. The van der Waals surface area contributed by atoms with Crippen LogP contribution >= 0.6 is 11.6 Å². The standard InChI is InChI=1S/C14H19ClN2O/c1-3-4-10-17-11-6-5-7-12(18-2)14(11)16-13(17)8-9-15/h5-7H,3-4,8-10H2,1-2H3. The Balaban J connectivity index is 2.52. The van der Waals surface area contributed by atoms with E-state index in [0.29, 0.717) is 5.88 Å². The maximum Gasteiger partial charge on any atom is 0.146 e. The van der Waals surface area contributed by atoms with Crippen LogP contribution in [0.1, 0.15) is 25.6 Å². The summed E-state index contributed by atoms with van der Waals surface area (Å²) in [6.45, 7) is 3.19. The lowest BCUT2D eigenvalue weighted by Crippen LogP contribution is -2.04. The molecule has 0 atom stereocenters. The first-order chi connectivity index (χ1) is 8.81. The predicted octanol–water partition coefficient (Wildman–Crippen LogP) is 3.63. The number of fused-ring (bicyclic) bond motifs is 1. The SMILES string of the molecule is CCCCn1c(CCCl)nc2c(OC)cccc21. The number of hydrogen-bond acceptors (Lipinski definition) is 2. The molecule has 0 spiro atoms. The van der Waals surface area contributed by atoms with E-state index in [1.54, 1.807) is 7.11 Å². The van der Waals surface area contributed by atoms with Crippen LogP contribution in [0.3, 0.4) is 0 Å². The molecule has 3 nitrogen and oxygen atoms in total. The Kier molecular flexibility index (Phi) is 4.48. The van der Waals surface area contributed by atoms with Crippen molar-refractivity contribution in [3.05, 3.63) is 24.0 Å². The third kappa shape index (κ3) is 2.46. The largest absolute Gasteiger partial charge is 0.494 e. The van der Waals surface area contributed by atoms with Gasteiger partial charge in [-0.25, -0.2) is 4.98 Å². The Labute approximate surface area is 113 Å². The van der Waals surface area contributed by atoms with Crippen LogP contribution in [-0.2, 0) is 13.0 Å². The van der Waals surface area contributed by atoms with Crippen LogP contribution in [0.4, 0.5) is 0 Å². The second kappa shape index (κ2) is 6.10. The highest BCUT2D eigenvalue weighted by Crippen LogP contribution is 2.26. The molecule has 0 aliphatic heterocycles. The van der Waals surface area contributed by atoms with Gasteiger partial charge >= 0.3 is 0 Å². The summed E-state index contributed by atoms with van der Waals surface area (Å²) in [6, 6.07) is 6.05. The molecular formula is C14H19ClN2O. The third-order valence-corrected chi connectivity index (χ3v) is 3.28. The number of nitrogens with zero attached hydrogens (tertiary/aromatic N) is 2. The molecule has 0 aliphatic carbocycles. The normalized spacial score (nSPS) is 11.1. The van der Waals surface area contributed by atoms with Crippen molar-refractivity contribution in [1.82, 2.24) is 9.55 Å². The monoisotopic (exact) mass is 266 g/mol. The molecule has 0 radical (unpaired) electrons. The summed E-state index contributed by atoms with van der Waals surface area (Å²) in [4.78, 5) is 4.68. The molecule has 1 heterocycles. The molecule has 0 aliphatic rings. The molecular weight excluding hydrogens is 248 g/mol. The Morgan fingerprint density at radius 1 is 1.39 bits per heavy atom. The van der Waals surface area contributed by atoms with Gasteiger partial charge in [0, 0.05) is 18.8 Å². The van der Waals surface area contributed by atoms with E-state index in [9.17, 15) is 0 Å². The van der Waals surface area contributed by atoms with Gasteiger partial charge in [0.1, 0.15) is 17.1 Å². The summed E-state index contributed by atoms with van der Waals surface area (Å²) in [7, 11) is 1.68. The molecule has 4 heteroatoms. The number of para-hydroxylation sites is 1. The number of halogens is 1. The van der Waals surface area contributed by atoms with Gasteiger partial charge in [0.05, 0.1) is 12.6 Å². The van der Waals surface area contributed by atoms with E-state index in [0.717, 1.165) is 42.0 Å². The van der Waals surface area contributed by atoms with Crippen LogP contribution in [0, 0.1) is 0 Å². The molecule has 2 aromatic rings. The van der Waals surface area contributed by atoms with Crippen molar-refractivity contribution >= 4 is 22.6 Å². The molecule has 0 bridgehead atoms. The summed E-state index contributed by atoms with van der Waals surface area (Å²) in [6.07, 6.45) is 3.12. The van der Waals surface area contributed by atoms with Crippen molar-refractivity contribution < 1.29 is 4.74 Å². The fourth-order valence-corrected chi connectivity index (χ4v) is 2.34. The van der Waals surface area contributed by atoms with Crippen LogP contribution in [0.25, 0.3) is 11.0 Å². The summed E-state index contributed by atoms with van der Waals surface area (Å²) in [5.74, 6) is 2.48. The number of methoxy groups -OCH3 is 1. The van der Waals surface area contributed by atoms with Gasteiger partial charge in [-0.15, -0.1) is 11.6 Å². The van der Waals surface area contributed by atoms with Crippen LogP contribution in [0.15, 0.2) is 18.2 Å². The molecule has 98 valence electrons. The Morgan fingerprint density at radius 2 is 2.22 bits per heavy atom. The minimum absolute atomic E-state index is 0.595. The summed E-state index contributed by atoms with van der Waals surface area (Å²) < 4.78 is 7.64.